The average molecular weight is 299 g/mol. The third-order valence-corrected chi connectivity index (χ3v) is 3.98. The van der Waals surface area contributed by atoms with Crippen molar-refractivity contribution in [2.75, 3.05) is 0 Å². The van der Waals surface area contributed by atoms with E-state index in [2.05, 4.69) is 33.6 Å². The van der Waals surface area contributed by atoms with Gasteiger partial charge in [-0.3, -0.25) is 0 Å². The highest BCUT2D eigenvalue weighted by Crippen LogP contribution is 2.25. The van der Waals surface area contributed by atoms with E-state index in [4.69, 9.17) is 11.6 Å². The van der Waals surface area contributed by atoms with E-state index in [1.54, 1.807) is 17.1 Å². The Morgan fingerprint density at radius 2 is 2.00 bits per heavy atom. The standard InChI is InChI=1S/C16H15ClN4/c17-12-9-20-21(10-12)16-15-4-2-1-3-14(15)11(8-19-16)7-18-13-5-6-13/h1-4,8-10,13,18H,5-7H2. The minimum Gasteiger partial charge on any atom is -0.310 e. The summed E-state index contributed by atoms with van der Waals surface area (Å²) in [6, 6.07) is 8.98. The normalized spacial score (nSPS) is 14.7. The van der Waals surface area contributed by atoms with Gasteiger partial charge in [0.2, 0.25) is 0 Å². The first-order valence-electron chi connectivity index (χ1n) is 7.12. The maximum absolute atomic E-state index is 5.96. The Kier molecular flexibility index (Phi) is 3.13. The maximum Gasteiger partial charge on any atom is 0.161 e. The molecule has 3 aromatic rings. The topological polar surface area (TPSA) is 42.7 Å². The number of fused-ring (bicyclic) bond motifs is 1. The van der Waals surface area contributed by atoms with Gasteiger partial charge in [-0.25, -0.2) is 9.67 Å². The third kappa shape index (κ3) is 2.52. The van der Waals surface area contributed by atoms with E-state index in [-0.39, 0.29) is 0 Å². The zero-order valence-electron chi connectivity index (χ0n) is 11.5. The lowest BCUT2D eigenvalue weighted by molar-refractivity contribution is 0.688. The van der Waals surface area contributed by atoms with Gasteiger partial charge in [0, 0.05) is 24.2 Å². The van der Waals surface area contributed by atoms with E-state index in [1.165, 1.54) is 23.8 Å². The Morgan fingerprint density at radius 1 is 1.19 bits per heavy atom. The van der Waals surface area contributed by atoms with Crippen molar-refractivity contribution in [1.29, 1.82) is 0 Å². The molecular formula is C16H15ClN4. The first-order chi connectivity index (χ1) is 10.3. The molecule has 5 heteroatoms. The summed E-state index contributed by atoms with van der Waals surface area (Å²) in [5.41, 5.74) is 1.22. The van der Waals surface area contributed by atoms with Crippen LogP contribution < -0.4 is 5.32 Å². The molecule has 0 amide bonds. The van der Waals surface area contributed by atoms with Crippen LogP contribution in [-0.2, 0) is 6.54 Å². The molecule has 0 atom stereocenters. The molecule has 0 spiro atoms. The monoisotopic (exact) mass is 298 g/mol. The van der Waals surface area contributed by atoms with Gasteiger partial charge in [0.15, 0.2) is 5.82 Å². The smallest absolute Gasteiger partial charge is 0.161 e. The number of nitrogens with zero attached hydrogens (tertiary/aromatic N) is 3. The van der Waals surface area contributed by atoms with Crippen LogP contribution in [0.25, 0.3) is 16.6 Å². The minimum absolute atomic E-state index is 0.611. The van der Waals surface area contributed by atoms with Gasteiger partial charge < -0.3 is 5.32 Å². The molecule has 0 unspecified atom stereocenters. The quantitative estimate of drug-likeness (QED) is 0.803. The summed E-state index contributed by atoms with van der Waals surface area (Å²) < 4.78 is 1.72. The number of aromatic nitrogens is 3. The number of hydrogen-bond donors (Lipinski definition) is 1. The molecule has 2 heterocycles. The first kappa shape index (κ1) is 12.8. The van der Waals surface area contributed by atoms with Crippen LogP contribution in [0.1, 0.15) is 18.4 Å². The van der Waals surface area contributed by atoms with Crippen molar-refractivity contribution < 1.29 is 0 Å². The second-order valence-corrected chi connectivity index (χ2v) is 5.85. The molecule has 1 saturated carbocycles. The van der Waals surface area contributed by atoms with E-state index < -0.39 is 0 Å². The van der Waals surface area contributed by atoms with Crippen molar-refractivity contribution in [2.45, 2.75) is 25.4 Å². The number of rotatable bonds is 4. The summed E-state index contributed by atoms with van der Waals surface area (Å²) in [4.78, 5) is 4.59. The lowest BCUT2D eigenvalue weighted by Crippen LogP contribution is -2.16. The van der Waals surface area contributed by atoms with Gasteiger partial charge in [-0.15, -0.1) is 0 Å². The largest absolute Gasteiger partial charge is 0.310 e. The molecule has 21 heavy (non-hydrogen) atoms. The van der Waals surface area contributed by atoms with Gasteiger partial charge in [0.1, 0.15) is 0 Å². The summed E-state index contributed by atoms with van der Waals surface area (Å²) in [5, 5.41) is 10.7. The van der Waals surface area contributed by atoms with E-state index in [9.17, 15) is 0 Å². The highest BCUT2D eigenvalue weighted by atomic mass is 35.5. The molecule has 1 fully saturated rings. The highest BCUT2D eigenvalue weighted by molar-refractivity contribution is 6.30. The Bertz CT molecular complexity index is 792. The molecule has 1 aromatic carbocycles. The zero-order valence-corrected chi connectivity index (χ0v) is 12.2. The van der Waals surface area contributed by atoms with Crippen molar-refractivity contribution >= 4 is 22.4 Å². The summed E-state index contributed by atoms with van der Waals surface area (Å²) in [6.45, 7) is 0.859. The summed E-state index contributed by atoms with van der Waals surface area (Å²) >= 11 is 5.96. The summed E-state index contributed by atoms with van der Waals surface area (Å²) in [6.07, 6.45) is 7.91. The molecule has 1 N–H and O–H groups in total. The van der Waals surface area contributed by atoms with E-state index in [1.807, 2.05) is 12.3 Å². The van der Waals surface area contributed by atoms with Crippen LogP contribution in [0.5, 0.6) is 0 Å². The average Bonchev–Trinajstić information content (AvgIpc) is 3.25. The van der Waals surface area contributed by atoms with Gasteiger partial charge in [0.05, 0.1) is 17.4 Å². The second-order valence-electron chi connectivity index (χ2n) is 5.41. The van der Waals surface area contributed by atoms with Crippen LogP contribution in [0.4, 0.5) is 0 Å². The first-order valence-corrected chi connectivity index (χ1v) is 7.49. The minimum atomic E-state index is 0.611. The van der Waals surface area contributed by atoms with Crippen LogP contribution in [0.2, 0.25) is 5.02 Å². The summed E-state index contributed by atoms with van der Waals surface area (Å²) in [7, 11) is 0. The van der Waals surface area contributed by atoms with Gasteiger partial charge in [-0.05, 0) is 23.8 Å². The lowest BCUT2D eigenvalue weighted by Gasteiger charge is -2.11. The van der Waals surface area contributed by atoms with Crippen LogP contribution in [0.15, 0.2) is 42.9 Å². The number of nitrogens with one attached hydrogen (secondary N) is 1. The highest BCUT2D eigenvalue weighted by Gasteiger charge is 2.20. The van der Waals surface area contributed by atoms with Crippen molar-refractivity contribution in [3.63, 3.8) is 0 Å². The molecular weight excluding hydrogens is 284 g/mol. The van der Waals surface area contributed by atoms with Crippen molar-refractivity contribution in [1.82, 2.24) is 20.1 Å². The number of benzene rings is 1. The van der Waals surface area contributed by atoms with Crippen LogP contribution in [0, 0.1) is 0 Å². The lowest BCUT2D eigenvalue weighted by atomic mass is 10.1. The molecule has 0 saturated heterocycles. The van der Waals surface area contributed by atoms with E-state index >= 15 is 0 Å². The van der Waals surface area contributed by atoms with Gasteiger partial charge in [-0.2, -0.15) is 5.10 Å². The Labute approximate surface area is 127 Å². The zero-order chi connectivity index (χ0) is 14.2. The fourth-order valence-corrected chi connectivity index (χ4v) is 2.65. The fraction of sp³-hybridized carbons (Fsp3) is 0.250. The van der Waals surface area contributed by atoms with Crippen molar-refractivity contribution in [3.05, 3.63) is 53.4 Å². The third-order valence-electron chi connectivity index (χ3n) is 3.78. The summed E-state index contributed by atoms with van der Waals surface area (Å²) in [5.74, 6) is 0.813. The van der Waals surface area contributed by atoms with Crippen LogP contribution in [0.3, 0.4) is 0 Å². The van der Waals surface area contributed by atoms with E-state index in [0.29, 0.717) is 11.1 Å². The second kappa shape index (κ2) is 5.13. The van der Waals surface area contributed by atoms with Gasteiger partial charge in [-0.1, -0.05) is 35.9 Å². The molecule has 1 aliphatic rings. The molecule has 0 radical (unpaired) electrons. The molecule has 4 nitrogen and oxygen atoms in total. The Balaban J connectivity index is 1.80. The Morgan fingerprint density at radius 3 is 2.71 bits per heavy atom. The SMILES string of the molecule is Clc1cnn(-c2ncc(CNC3CC3)c3ccccc23)c1. The molecule has 0 aliphatic heterocycles. The molecule has 4 rings (SSSR count). The molecule has 1 aliphatic carbocycles. The number of pyridine rings is 1. The maximum atomic E-state index is 5.96. The van der Waals surface area contributed by atoms with Gasteiger partial charge in [0.25, 0.3) is 0 Å². The number of halogens is 1. The molecule has 2 aromatic heterocycles. The van der Waals surface area contributed by atoms with E-state index in [0.717, 1.165) is 17.7 Å². The van der Waals surface area contributed by atoms with Crippen molar-refractivity contribution in [3.8, 4) is 5.82 Å². The fourth-order valence-electron chi connectivity index (χ4n) is 2.52. The molecule has 0 bridgehead atoms. The van der Waals surface area contributed by atoms with Crippen molar-refractivity contribution in [2.24, 2.45) is 0 Å². The predicted molar refractivity (Wildman–Crippen MR) is 83.7 cm³/mol. The molecule has 106 valence electrons. The van der Waals surface area contributed by atoms with Gasteiger partial charge >= 0.3 is 0 Å². The Hall–Kier alpha value is -1.91. The number of hydrogen-bond acceptors (Lipinski definition) is 3. The van der Waals surface area contributed by atoms with Crippen LogP contribution in [-0.4, -0.2) is 20.8 Å². The van der Waals surface area contributed by atoms with Crippen LogP contribution >= 0.6 is 11.6 Å². The predicted octanol–water partition coefficient (Wildman–Crippen LogP) is 3.33.